The van der Waals surface area contributed by atoms with Crippen LogP contribution in [-0.2, 0) is 25.1 Å². The van der Waals surface area contributed by atoms with Gasteiger partial charge in [-0.05, 0) is 6.04 Å². The Labute approximate surface area is 128 Å². The van der Waals surface area contributed by atoms with Gasteiger partial charge in [0.1, 0.15) is 19.2 Å². The molecule has 0 saturated carbocycles. The Balaban J connectivity index is 2.34. The lowest BCUT2D eigenvalue weighted by molar-refractivity contribution is 0.0844. The Hall–Kier alpha value is -1.71. The maximum absolute atomic E-state index is 12.0. The number of H-pyrrole nitrogens is 1. The fourth-order valence-corrected chi connectivity index (χ4v) is 2.83. The SMILES string of the molecule is Cn1c(=O)[nH]c(=O)c2c1nc(CO)n2COCC[Si](C)(C)C. The number of fused-ring (bicyclic) bond motifs is 1. The summed E-state index contributed by atoms with van der Waals surface area (Å²) >= 11 is 0. The van der Waals surface area contributed by atoms with Crippen LogP contribution in [-0.4, -0.2) is 38.9 Å². The maximum Gasteiger partial charge on any atom is 0.329 e. The largest absolute Gasteiger partial charge is 0.388 e. The average molecular weight is 326 g/mol. The molecule has 0 spiro atoms. The minimum atomic E-state index is -1.19. The molecule has 0 amide bonds. The second-order valence-corrected chi connectivity index (χ2v) is 12.1. The Morgan fingerprint density at radius 2 is 2.00 bits per heavy atom. The van der Waals surface area contributed by atoms with Gasteiger partial charge in [0, 0.05) is 21.7 Å². The smallest absolute Gasteiger partial charge is 0.329 e. The van der Waals surface area contributed by atoms with Gasteiger partial charge in [0.05, 0.1) is 0 Å². The van der Waals surface area contributed by atoms with Crippen LogP contribution in [0.3, 0.4) is 0 Å². The molecule has 8 nitrogen and oxygen atoms in total. The summed E-state index contributed by atoms with van der Waals surface area (Å²) in [5, 5.41) is 9.42. The van der Waals surface area contributed by atoms with E-state index in [2.05, 4.69) is 29.6 Å². The molecular weight excluding hydrogens is 304 g/mol. The summed E-state index contributed by atoms with van der Waals surface area (Å²) in [6.07, 6.45) is 0. The number of aliphatic hydroxyl groups is 1. The topological polar surface area (TPSA) is 102 Å². The lowest BCUT2D eigenvalue weighted by Crippen LogP contribution is -2.29. The second kappa shape index (κ2) is 6.19. The summed E-state index contributed by atoms with van der Waals surface area (Å²) in [5.41, 5.74) is -0.587. The minimum Gasteiger partial charge on any atom is -0.388 e. The van der Waals surface area contributed by atoms with E-state index in [4.69, 9.17) is 4.74 Å². The molecule has 2 N–H and O–H groups in total. The van der Waals surface area contributed by atoms with Crippen LogP contribution in [0, 0.1) is 0 Å². The highest BCUT2D eigenvalue weighted by Crippen LogP contribution is 2.12. The van der Waals surface area contributed by atoms with Gasteiger partial charge in [-0.1, -0.05) is 19.6 Å². The van der Waals surface area contributed by atoms with Crippen LogP contribution in [0.4, 0.5) is 0 Å². The van der Waals surface area contributed by atoms with Crippen molar-refractivity contribution in [2.45, 2.75) is 39.0 Å². The van der Waals surface area contributed by atoms with E-state index in [9.17, 15) is 14.7 Å². The van der Waals surface area contributed by atoms with Crippen LogP contribution in [0.25, 0.3) is 11.2 Å². The summed E-state index contributed by atoms with van der Waals surface area (Å²) in [5.74, 6) is 0.301. The van der Waals surface area contributed by atoms with Crippen LogP contribution in [0.1, 0.15) is 5.82 Å². The van der Waals surface area contributed by atoms with E-state index in [0.29, 0.717) is 12.4 Å². The van der Waals surface area contributed by atoms with Gasteiger partial charge >= 0.3 is 5.69 Å². The fourth-order valence-electron chi connectivity index (χ4n) is 2.07. The number of hydrogen-bond acceptors (Lipinski definition) is 5. The molecule has 0 atom stereocenters. The van der Waals surface area contributed by atoms with Gasteiger partial charge in [-0.2, -0.15) is 0 Å². The molecule has 2 aromatic rings. The third-order valence-corrected chi connectivity index (χ3v) is 5.15. The lowest BCUT2D eigenvalue weighted by Gasteiger charge is -2.16. The van der Waals surface area contributed by atoms with Crippen LogP contribution in [0.5, 0.6) is 0 Å². The van der Waals surface area contributed by atoms with Gasteiger partial charge < -0.3 is 9.84 Å². The predicted molar refractivity (Wildman–Crippen MR) is 85.6 cm³/mol. The molecule has 0 radical (unpaired) electrons. The van der Waals surface area contributed by atoms with Crippen LogP contribution >= 0.6 is 0 Å². The quantitative estimate of drug-likeness (QED) is 0.584. The van der Waals surface area contributed by atoms with E-state index < -0.39 is 19.3 Å². The van der Waals surface area contributed by atoms with Crippen LogP contribution < -0.4 is 11.2 Å². The number of aliphatic hydroxyl groups excluding tert-OH is 1. The van der Waals surface area contributed by atoms with E-state index in [1.165, 1.54) is 16.2 Å². The predicted octanol–water partition coefficient (Wildman–Crippen LogP) is 0.228. The van der Waals surface area contributed by atoms with Crippen molar-refractivity contribution in [3.05, 3.63) is 26.7 Å². The first-order valence-electron chi connectivity index (χ1n) is 7.11. The van der Waals surface area contributed by atoms with Gasteiger partial charge in [-0.25, -0.2) is 9.78 Å². The molecule has 0 bridgehead atoms. The van der Waals surface area contributed by atoms with Crippen LogP contribution in [0.15, 0.2) is 9.59 Å². The molecule has 2 rings (SSSR count). The molecule has 2 aromatic heterocycles. The van der Waals surface area contributed by atoms with Gasteiger partial charge in [0.25, 0.3) is 5.56 Å². The Kier molecular flexibility index (Phi) is 4.68. The maximum atomic E-state index is 12.0. The molecule has 0 aromatic carbocycles. The van der Waals surface area contributed by atoms with E-state index in [1.807, 2.05) is 0 Å². The monoisotopic (exact) mass is 326 g/mol. The number of hydrogen-bond donors (Lipinski definition) is 2. The van der Waals surface area contributed by atoms with Crippen molar-refractivity contribution in [3.63, 3.8) is 0 Å². The summed E-state index contributed by atoms with van der Waals surface area (Å²) in [6, 6.07) is 1.00. The molecule has 0 fully saturated rings. The van der Waals surface area contributed by atoms with Crippen molar-refractivity contribution < 1.29 is 9.84 Å². The van der Waals surface area contributed by atoms with Gasteiger partial charge in [-0.15, -0.1) is 0 Å². The van der Waals surface area contributed by atoms with Crippen molar-refractivity contribution in [1.29, 1.82) is 0 Å². The fraction of sp³-hybridized carbons (Fsp3) is 0.615. The van der Waals surface area contributed by atoms with Crippen molar-refractivity contribution in [2.75, 3.05) is 6.61 Å². The van der Waals surface area contributed by atoms with E-state index >= 15 is 0 Å². The highest BCUT2D eigenvalue weighted by molar-refractivity contribution is 6.76. The number of rotatable bonds is 6. The standard InChI is InChI=1S/C13H22N4O4Si/c1-16-11-10(12(19)15-13(16)20)17(9(7-18)14-11)8-21-5-6-22(2,3)4/h18H,5-8H2,1-4H3,(H,15,19,20). The average Bonchev–Trinajstić information content (AvgIpc) is 2.79. The number of aromatic amines is 1. The zero-order valence-corrected chi connectivity index (χ0v) is 14.3. The summed E-state index contributed by atoms with van der Waals surface area (Å²) in [6.45, 7) is 7.13. The van der Waals surface area contributed by atoms with Gasteiger partial charge in [0.15, 0.2) is 11.2 Å². The highest BCUT2D eigenvalue weighted by atomic mass is 28.3. The van der Waals surface area contributed by atoms with Gasteiger partial charge in [-0.3, -0.25) is 18.9 Å². The summed E-state index contributed by atoms with van der Waals surface area (Å²) < 4.78 is 8.39. The summed E-state index contributed by atoms with van der Waals surface area (Å²) in [4.78, 5) is 30.0. The summed E-state index contributed by atoms with van der Waals surface area (Å²) in [7, 11) is 0.324. The molecule has 2 heterocycles. The molecule has 0 aliphatic rings. The molecule has 22 heavy (non-hydrogen) atoms. The molecule has 122 valence electrons. The number of aromatic nitrogens is 4. The van der Waals surface area contributed by atoms with Crippen LogP contribution in [0.2, 0.25) is 25.7 Å². The molecule has 9 heteroatoms. The zero-order valence-electron chi connectivity index (χ0n) is 13.3. The van der Waals surface area contributed by atoms with Crippen molar-refractivity contribution in [2.24, 2.45) is 7.05 Å². The first-order chi connectivity index (χ1) is 10.2. The third kappa shape index (κ3) is 3.37. The third-order valence-electron chi connectivity index (χ3n) is 3.44. The minimum absolute atomic E-state index is 0.123. The van der Waals surface area contributed by atoms with Gasteiger partial charge in [0.2, 0.25) is 0 Å². The Bertz CT molecular complexity index is 784. The first kappa shape index (κ1) is 16.7. The number of nitrogens with one attached hydrogen (secondary N) is 1. The number of imidazole rings is 1. The van der Waals surface area contributed by atoms with E-state index in [1.54, 1.807) is 0 Å². The zero-order chi connectivity index (χ0) is 16.5. The molecular formula is C13H22N4O4Si. The Morgan fingerprint density at radius 1 is 1.32 bits per heavy atom. The van der Waals surface area contributed by atoms with Crippen molar-refractivity contribution >= 4 is 19.2 Å². The highest BCUT2D eigenvalue weighted by Gasteiger charge is 2.17. The number of aryl methyl sites for hydroxylation is 1. The molecule has 0 aliphatic heterocycles. The molecule has 0 aliphatic carbocycles. The van der Waals surface area contributed by atoms with E-state index in [0.717, 1.165) is 6.04 Å². The lowest BCUT2D eigenvalue weighted by atomic mass is 10.5. The number of nitrogens with zero attached hydrogens (tertiary/aromatic N) is 3. The molecule has 0 saturated heterocycles. The second-order valence-electron chi connectivity index (χ2n) is 6.45. The van der Waals surface area contributed by atoms with Crippen molar-refractivity contribution in [3.8, 4) is 0 Å². The first-order valence-corrected chi connectivity index (χ1v) is 10.8. The number of ether oxygens (including phenoxy) is 1. The van der Waals surface area contributed by atoms with E-state index in [-0.39, 0.29) is 24.5 Å². The Morgan fingerprint density at radius 3 is 2.59 bits per heavy atom. The molecule has 0 unspecified atom stereocenters. The van der Waals surface area contributed by atoms with Crippen molar-refractivity contribution in [1.82, 2.24) is 19.1 Å². The normalized spacial score (nSPS) is 12.2.